The van der Waals surface area contributed by atoms with Gasteiger partial charge in [0.25, 0.3) is 11.8 Å². The standard InChI is InChI=1S/C34H36N6O3/c1-20-26(3-2-4-28(20)37-32(41)24-11-7-22(8-12-24)21-5-6-21)30-27-19-29(36-31(27)39-34(35)38-30)23-9-13-25(14-10-23)33(42)40-15-17-43-18-16-40/h4,7-14,19-21,26H,2-3,5-6,15-18H2,1H3,(H,37,41)(H3,35,36,38,39). The molecule has 4 N–H and O–H groups in total. The van der Waals surface area contributed by atoms with Crippen molar-refractivity contribution < 1.29 is 14.3 Å². The van der Waals surface area contributed by atoms with E-state index in [-0.39, 0.29) is 29.6 Å². The molecule has 3 aliphatic rings. The van der Waals surface area contributed by atoms with Crippen LogP contribution in [0.5, 0.6) is 0 Å². The van der Waals surface area contributed by atoms with Gasteiger partial charge in [0.05, 0.1) is 18.9 Å². The first-order chi connectivity index (χ1) is 20.9. The van der Waals surface area contributed by atoms with Gasteiger partial charge in [-0.1, -0.05) is 37.3 Å². The van der Waals surface area contributed by atoms with Crippen LogP contribution in [0.1, 0.15) is 76.4 Å². The van der Waals surface area contributed by atoms with Crippen molar-refractivity contribution >= 4 is 28.8 Å². The number of hydrogen-bond acceptors (Lipinski definition) is 6. The number of nitrogen functional groups attached to an aromatic ring is 1. The van der Waals surface area contributed by atoms with Gasteiger partial charge in [-0.2, -0.15) is 4.98 Å². The predicted molar refractivity (Wildman–Crippen MR) is 166 cm³/mol. The summed E-state index contributed by atoms with van der Waals surface area (Å²) in [5, 5.41) is 4.10. The molecule has 0 bridgehead atoms. The lowest BCUT2D eigenvalue weighted by atomic mass is 9.79. The Balaban J connectivity index is 1.11. The van der Waals surface area contributed by atoms with Crippen LogP contribution in [-0.4, -0.2) is 58.0 Å². The summed E-state index contributed by atoms with van der Waals surface area (Å²) in [7, 11) is 0. The minimum Gasteiger partial charge on any atom is -0.378 e. The fourth-order valence-corrected chi connectivity index (χ4v) is 6.37. The fraction of sp³-hybridized carbons (Fsp3) is 0.353. The monoisotopic (exact) mass is 576 g/mol. The number of benzene rings is 2. The van der Waals surface area contributed by atoms with Gasteiger partial charge in [-0.05, 0) is 73.1 Å². The molecule has 0 radical (unpaired) electrons. The lowest BCUT2D eigenvalue weighted by molar-refractivity contribution is 0.0303. The SMILES string of the molecule is CC1C(NC(=O)c2ccc(C3CC3)cc2)=CCCC1c1nc(N)nc2[nH]c(-c3ccc(C(=O)N4CCOCC4)cc3)cc12. The Bertz CT molecular complexity index is 1700. The van der Waals surface area contributed by atoms with Crippen LogP contribution >= 0.6 is 0 Å². The van der Waals surface area contributed by atoms with Gasteiger partial charge in [-0.3, -0.25) is 9.59 Å². The number of nitrogens with two attached hydrogens (primary N) is 1. The second kappa shape index (κ2) is 11.3. The number of H-pyrrole nitrogens is 1. The molecule has 1 saturated heterocycles. The highest BCUT2D eigenvalue weighted by molar-refractivity contribution is 5.96. The normalized spacial score (nSPS) is 20.6. The van der Waals surface area contributed by atoms with Gasteiger partial charge < -0.3 is 25.7 Å². The van der Waals surface area contributed by atoms with Crippen molar-refractivity contribution in [1.29, 1.82) is 0 Å². The number of aromatic nitrogens is 3. The van der Waals surface area contributed by atoms with Crippen LogP contribution in [0.3, 0.4) is 0 Å². The number of aromatic amines is 1. The third-order valence-corrected chi connectivity index (χ3v) is 9.04. The van der Waals surface area contributed by atoms with Crippen molar-refractivity contribution in [3.05, 3.63) is 88.8 Å². The van der Waals surface area contributed by atoms with E-state index in [9.17, 15) is 9.59 Å². The molecule has 1 aliphatic heterocycles. The number of allylic oxidation sites excluding steroid dienone is 2. The summed E-state index contributed by atoms with van der Waals surface area (Å²) >= 11 is 0. The van der Waals surface area contributed by atoms with E-state index in [2.05, 4.69) is 46.5 Å². The van der Waals surface area contributed by atoms with Gasteiger partial charge in [0.2, 0.25) is 5.95 Å². The van der Waals surface area contributed by atoms with Crippen molar-refractivity contribution in [2.24, 2.45) is 5.92 Å². The van der Waals surface area contributed by atoms with Gasteiger partial charge >= 0.3 is 0 Å². The van der Waals surface area contributed by atoms with Crippen LogP contribution in [0.4, 0.5) is 5.95 Å². The number of carbonyl (C=O) groups is 2. The number of amides is 2. The van der Waals surface area contributed by atoms with E-state index in [1.807, 2.05) is 41.3 Å². The highest BCUT2D eigenvalue weighted by Gasteiger charge is 2.31. The van der Waals surface area contributed by atoms with E-state index in [4.69, 9.17) is 15.5 Å². The minimum absolute atomic E-state index is 0.0185. The van der Waals surface area contributed by atoms with Crippen molar-refractivity contribution in [2.75, 3.05) is 32.0 Å². The lowest BCUT2D eigenvalue weighted by Gasteiger charge is -2.30. The number of ether oxygens (including phenoxy) is 1. The van der Waals surface area contributed by atoms with E-state index < -0.39 is 0 Å². The summed E-state index contributed by atoms with van der Waals surface area (Å²) < 4.78 is 5.37. The molecule has 0 spiro atoms. The lowest BCUT2D eigenvalue weighted by Crippen LogP contribution is -2.40. The van der Waals surface area contributed by atoms with Crippen molar-refractivity contribution in [3.8, 4) is 11.3 Å². The summed E-state index contributed by atoms with van der Waals surface area (Å²) in [4.78, 5) is 40.5. The molecule has 2 fully saturated rings. The first kappa shape index (κ1) is 27.3. The molecule has 7 rings (SSSR count). The summed E-state index contributed by atoms with van der Waals surface area (Å²) in [5.74, 6) is 0.893. The number of morpholine rings is 1. The van der Waals surface area contributed by atoms with Gasteiger partial charge in [-0.15, -0.1) is 0 Å². The molecule has 1 saturated carbocycles. The van der Waals surface area contributed by atoms with Gasteiger partial charge in [0, 0.05) is 52.8 Å². The van der Waals surface area contributed by atoms with Gasteiger partial charge in [0.15, 0.2) is 0 Å². The molecule has 2 aromatic heterocycles. The molecule has 9 nitrogen and oxygen atoms in total. The maximum Gasteiger partial charge on any atom is 0.255 e. The molecule has 2 unspecified atom stereocenters. The topological polar surface area (TPSA) is 126 Å². The average Bonchev–Trinajstić information content (AvgIpc) is 3.81. The van der Waals surface area contributed by atoms with E-state index in [1.165, 1.54) is 18.4 Å². The number of hydrogen-bond donors (Lipinski definition) is 3. The maximum absolute atomic E-state index is 13.1. The Morgan fingerprint density at radius 1 is 0.977 bits per heavy atom. The van der Waals surface area contributed by atoms with E-state index in [0.29, 0.717) is 49.0 Å². The molecule has 2 aromatic carbocycles. The Hall–Kier alpha value is -4.50. The number of carbonyl (C=O) groups excluding carboxylic acids is 2. The fourth-order valence-electron chi connectivity index (χ4n) is 6.37. The second-order valence-corrected chi connectivity index (χ2v) is 11.9. The zero-order valence-corrected chi connectivity index (χ0v) is 24.3. The second-order valence-electron chi connectivity index (χ2n) is 11.9. The molecule has 43 heavy (non-hydrogen) atoms. The molecule has 2 atom stereocenters. The van der Waals surface area contributed by atoms with E-state index in [1.54, 1.807) is 0 Å². The third kappa shape index (κ3) is 5.52. The highest BCUT2D eigenvalue weighted by atomic mass is 16.5. The summed E-state index contributed by atoms with van der Waals surface area (Å²) in [6, 6.07) is 17.7. The Labute approximate surface area is 250 Å². The van der Waals surface area contributed by atoms with E-state index in [0.717, 1.165) is 40.9 Å². The molecule has 220 valence electrons. The number of nitrogens with one attached hydrogen (secondary N) is 2. The van der Waals surface area contributed by atoms with Crippen molar-refractivity contribution in [1.82, 2.24) is 25.2 Å². The number of rotatable bonds is 6. The third-order valence-electron chi connectivity index (χ3n) is 9.04. The molecular formula is C34H36N6O3. The summed E-state index contributed by atoms with van der Waals surface area (Å²) in [6.45, 7) is 4.50. The summed E-state index contributed by atoms with van der Waals surface area (Å²) in [6.07, 6.45) is 6.32. The molecule has 2 amide bonds. The molecule has 9 heteroatoms. The quantitative estimate of drug-likeness (QED) is 0.283. The minimum atomic E-state index is -0.0899. The number of fused-ring (bicyclic) bond motifs is 1. The van der Waals surface area contributed by atoms with Crippen LogP contribution < -0.4 is 11.1 Å². The van der Waals surface area contributed by atoms with Crippen molar-refractivity contribution in [3.63, 3.8) is 0 Å². The number of nitrogens with zero attached hydrogens (tertiary/aromatic N) is 3. The zero-order valence-electron chi connectivity index (χ0n) is 24.3. The van der Waals surface area contributed by atoms with Crippen LogP contribution in [0.25, 0.3) is 22.3 Å². The van der Waals surface area contributed by atoms with Crippen LogP contribution in [0.15, 0.2) is 66.4 Å². The Morgan fingerprint density at radius 3 is 2.42 bits per heavy atom. The van der Waals surface area contributed by atoms with Gasteiger partial charge in [0.1, 0.15) is 5.65 Å². The number of anilines is 1. The molecular weight excluding hydrogens is 540 g/mol. The van der Waals surface area contributed by atoms with Crippen LogP contribution in [0, 0.1) is 5.92 Å². The summed E-state index contributed by atoms with van der Waals surface area (Å²) in [5.41, 5.74) is 13.1. The van der Waals surface area contributed by atoms with Gasteiger partial charge in [-0.25, -0.2) is 4.98 Å². The average molecular weight is 577 g/mol. The Kier molecular flexibility index (Phi) is 7.18. The first-order valence-electron chi connectivity index (χ1n) is 15.2. The largest absolute Gasteiger partial charge is 0.378 e. The maximum atomic E-state index is 13.1. The van der Waals surface area contributed by atoms with Crippen LogP contribution in [0.2, 0.25) is 0 Å². The molecule has 2 aliphatic carbocycles. The zero-order chi connectivity index (χ0) is 29.5. The molecule has 4 aromatic rings. The smallest absolute Gasteiger partial charge is 0.255 e. The Morgan fingerprint density at radius 2 is 1.70 bits per heavy atom. The highest BCUT2D eigenvalue weighted by Crippen LogP contribution is 2.41. The van der Waals surface area contributed by atoms with Crippen LogP contribution in [-0.2, 0) is 4.74 Å². The molecule has 3 heterocycles. The predicted octanol–water partition coefficient (Wildman–Crippen LogP) is 5.38. The van der Waals surface area contributed by atoms with E-state index >= 15 is 0 Å². The first-order valence-corrected chi connectivity index (χ1v) is 15.2. The van der Waals surface area contributed by atoms with Crippen molar-refractivity contribution in [2.45, 2.75) is 44.4 Å².